The fourth-order valence-electron chi connectivity index (χ4n) is 1.61. The Balaban J connectivity index is 2.96. The van der Waals surface area contributed by atoms with Crippen molar-refractivity contribution >= 4 is 11.8 Å². The molecule has 3 nitrogen and oxygen atoms in total. The number of imide groups is 1. The molecule has 15 heavy (non-hydrogen) atoms. The van der Waals surface area contributed by atoms with Crippen molar-refractivity contribution in [1.82, 2.24) is 5.32 Å². The Kier molecular flexibility index (Phi) is 3.83. The smallest absolute Gasteiger partial charge is 0.240 e. The molecule has 2 amide bonds. The average molecular weight is 207 g/mol. The van der Waals surface area contributed by atoms with Gasteiger partial charge in [-0.1, -0.05) is 38.2 Å². The Bertz CT molecular complexity index is 302. The minimum absolute atomic E-state index is 0.193. The number of carbonyl (C=O) groups is 2. The molecule has 0 aromatic heterocycles. The van der Waals surface area contributed by atoms with Gasteiger partial charge in [0.15, 0.2) is 0 Å². The van der Waals surface area contributed by atoms with Gasteiger partial charge in [-0.3, -0.25) is 14.9 Å². The van der Waals surface area contributed by atoms with E-state index in [1.807, 2.05) is 38.2 Å². The number of rotatable bonds is 4. The second-order valence-corrected chi connectivity index (χ2v) is 3.72. The van der Waals surface area contributed by atoms with Crippen LogP contribution in [0.25, 0.3) is 0 Å². The Hall–Kier alpha value is -1.38. The highest BCUT2D eigenvalue weighted by atomic mass is 16.2. The lowest BCUT2D eigenvalue weighted by atomic mass is 9.85. The van der Waals surface area contributed by atoms with Crippen LogP contribution in [0.5, 0.6) is 0 Å². The molecule has 0 aromatic rings. The van der Waals surface area contributed by atoms with Crippen LogP contribution in [0.2, 0.25) is 0 Å². The maximum atomic E-state index is 11.7. The number of nitrogens with one attached hydrogen (secondary N) is 1. The molecule has 1 fully saturated rings. The van der Waals surface area contributed by atoms with Crippen molar-refractivity contribution < 1.29 is 9.59 Å². The molecule has 0 unspecified atom stereocenters. The highest BCUT2D eigenvalue weighted by Gasteiger charge is 2.42. The molecule has 0 spiro atoms. The van der Waals surface area contributed by atoms with Crippen molar-refractivity contribution in [1.29, 1.82) is 0 Å². The van der Waals surface area contributed by atoms with Crippen molar-refractivity contribution in [2.24, 2.45) is 5.41 Å². The molecule has 0 aliphatic carbocycles. The van der Waals surface area contributed by atoms with Crippen LogP contribution in [-0.4, -0.2) is 11.8 Å². The van der Waals surface area contributed by atoms with Crippen molar-refractivity contribution in [2.45, 2.75) is 33.1 Å². The quantitative estimate of drug-likeness (QED) is 0.565. The van der Waals surface area contributed by atoms with E-state index in [9.17, 15) is 9.59 Å². The average Bonchev–Trinajstić information content (AvgIpc) is 2.48. The van der Waals surface area contributed by atoms with Gasteiger partial charge in [0.2, 0.25) is 11.8 Å². The van der Waals surface area contributed by atoms with Crippen LogP contribution in [-0.2, 0) is 9.59 Å². The molecular formula is C12H17NO2. The van der Waals surface area contributed by atoms with Crippen LogP contribution in [0.4, 0.5) is 0 Å². The van der Waals surface area contributed by atoms with E-state index < -0.39 is 5.41 Å². The van der Waals surface area contributed by atoms with Crippen LogP contribution in [0, 0.1) is 5.41 Å². The number of hydrogen-bond donors (Lipinski definition) is 1. The van der Waals surface area contributed by atoms with Crippen molar-refractivity contribution in [3.05, 3.63) is 24.3 Å². The first-order valence-electron chi connectivity index (χ1n) is 5.34. The summed E-state index contributed by atoms with van der Waals surface area (Å²) in [7, 11) is 0. The SMILES string of the molecule is CCC=CC1(C=CCC)CC(=O)NC1=O. The summed E-state index contributed by atoms with van der Waals surface area (Å²) in [5, 5.41) is 2.35. The minimum atomic E-state index is -0.733. The highest BCUT2D eigenvalue weighted by Crippen LogP contribution is 2.31. The Morgan fingerprint density at radius 2 is 1.73 bits per heavy atom. The molecule has 3 heteroatoms. The number of allylic oxidation sites excluding steroid dienone is 2. The summed E-state index contributed by atoms with van der Waals surface area (Å²) in [6.07, 6.45) is 9.49. The number of hydrogen-bond acceptors (Lipinski definition) is 2. The zero-order valence-electron chi connectivity index (χ0n) is 9.25. The van der Waals surface area contributed by atoms with E-state index in [-0.39, 0.29) is 18.2 Å². The zero-order chi connectivity index (χ0) is 11.3. The van der Waals surface area contributed by atoms with Gasteiger partial charge in [-0.2, -0.15) is 0 Å². The summed E-state index contributed by atoms with van der Waals surface area (Å²) in [4.78, 5) is 22.9. The van der Waals surface area contributed by atoms with E-state index in [2.05, 4.69) is 5.32 Å². The molecular weight excluding hydrogens is 190 g/mol. The molecule has 0 radical (unpaired) electrons. The zero-order valence-corrected chi connectivity index (χ0v) is 9.25. The normalized spacial score (nSPS) is 26.8. The monoisotopic (exact) mass is 207 g/mol. The van der Waals surface area contributed by atoms with Gasteiger partial charge >= 0.3 is 0 Å². The fraction of sp³-hybridized carbons (Fsp3) is 0.500. The summed E-state index contributed by atoms with van der Waals surface area (Å²) in [6, 6.07) is 0. The summed E-state index contributed by atoms with van der Waals surface area (Å²) in [5.41, 5.74) is -0.733. The highest BCUT2D eigenvalue weighted by molar-refractivity contribution is 6.08. The van der Waals surface area contributed by atoms with Gasteiger partial charge in [0.25, 0.3) is 0 Å². The summed E-state index contributed by atoms with van der Waals surface area (Å²) < 4.78 is 0. The molecule has 0 atom stereocenters. The third-order valence-electron chi connectivity index (χ3n) is 2.43. The third kappa shape index (κ3) is 2.55. The van der Waals surface area contributed by atoms with E-state index in [0.717, 1.165) is 12.8 Å². The van der Waals surface area contributed by atoms with Gasteiger partial charge < -0.3 is 0 Å². The van der Waals surface area contributed by atoms with Crippen molar-refractivity contribution in [3.8, 4) is 0 Å². The molecule has 1 saturated heterocycles. The van der Waals surface area contributed by atoms with E-state index in [1.54, 1.807) is 0 Å². The van der Waals surface area contributed by atoms with Crippen LogP contribution in [0.3, 0.4) is 0 Å². The molecule has 0 aromatic carbocycles. The van der Waals surface area contributed by atoms with Crippen LogP contribution in [0.1, 0.15) is 33.1 Å². The van der Waals surface area contributed by atoms with Crippen LogP contribution in [0.15, 0.2) is 24.3 Å². The second-order valence-electron chi connectivity index (χ2n) is 3.72. The summed E-state index contributed by atoms with van der Waals surface area (Å²) in [6.45, 7) is 4.00. The number of carbonyl (C=O) groups excluding carboxylic acids is 2. The molecule has 1 heterocycles. The van der Waals surface area contributed by atoms with Crippen LogP contribution < -0.4 is 5.32 Å². The topological polar surface area (TPSA) is 46.2 Å². The maximum absolute atomic E-state index is 11.7. The van der Waals surface area contributed by atoms with Gasteiger partial charge in [-0.05, 0) is 12.8 Å². The van der Waals surface area contributed by atoms with E-state index in [0.29, 0.717) is 0 Å². The first kappa shape index (κ1) is 11.7. The predicted molar refractivity (Wildman–Crippen MR) is 59.1 cm³/mol. The Morgan fingerprint density at radius 1 is 1.20 bits per heavy atom. The Morgan fingerprint density at radius 3 is 2.07 bits per heavy atom. The standard InChI is InChI=1S/C12H17NO2/c1-3-5-7-12(8-6-4-2)9-10(14)13-11(12)15/h5-8H,3-4,9H2,1-2H3,(H,13,14,15). The van der Waals surface area contributed by atoms with Crippen molar-refractivity contribution in [3.63, 3.8) is 0 Å². The first-order chi connectivity index (χ1) is 7.14. The first-order valence-corrected chi connectivity index (χ1v) is 5.34. The van der Waals surface area contributed by atoms with E-state index in [1.165, 1.54) is 0 Å². The van der Waals surface area contributed by atoms with E-state index in [4.69, 9.17) is 0 Å². The second kappa shape index (κ2) is 4.91. The predicted octanol–water partition coefficient (Wildman–Crippen LogP) is 1.95. The lowest BCUT2D eigenvalue weighted by Gasteiger charge is -2.15. The molecule has 1 aliphatic heterocycles. The fourth-order valence-corrected chi connectivity index (χ4v) is 1.61. The maximum Gasteiger partial charge on any atom is 0.240 e. The van der Waals surface area contributed by atoms with Gasteiger partial charge in [-0.15, -0.1) is 0 Å². The molecule has 0 bridgehead atoms. The lowest BCUT2D eigenvalue weighted by Crippen LogP contribution is -2.28. The van der Waals surface area contributed by atoms with Gasteiger partial charge in [0.1, 0.15) is 0 Å². The lowest BCUT2D eigenvalue weighted by molar-refractivity contribution is -0.126. The molecule has 82 valence electrons. The van der Waals surface area contributed by atoms with E-state index >= 15 is 0 Å². The van der Waals surface area contributed by atoms with Crippen molar-refractivity contribution in [2.75, 3.05) is 0 Å². The third-order valence-corrected chi connectivity index (χ3v) is 2.43. The molecule has 1 N–H and O–H groups in total. The summed E-state index contributed by atoms with van der Waals surface area (Å²) in [5.74, 6) is -0.400. The molecule has 1 rings (SSSR count). The van der Waals surface area contributed by atoms with Gasteiger partial charge in [-0.25, -0.2) is 0 Å². The van der Waals surface area contributed by atoms with Crippen LogP contribution >= 0.6 is 0 Å². The minimum Gasteiger partial charge on any atom is -0.295 e. The Labute approximate surface area is 90.2 Å². The van der Waals surface area contributed by atoms with Gasteiger partial charge in [0, 0.05) is 6.42 Å². The molecule has 0 saturated carbocycles. The number of amides is 2. The molecule has 1 aliphatic rings. The largest absolute Gasteiger partial charge is 0.295 e. The van der Waals surface area contributed by atoms with Gasteiger partial charge in [0.05, 0.1) is 5.41 Å². The summed E-state index contributed by atoms with van der Waals surface area (Å²) >= 11 is 0.